The first-order valence-electron chi connectivity index (χ1n) is 5.02. The van der Waals surface area contributed by atoms with Crippen molar-refractivity contribution in [3.05, 3.63) is 12.0 Å². The average molecular weight is 265 g/mol. The summed E-state index contributed by atoms with van der Waals surface area (Å²) in [5, 5.41) is 0. The van der Waals surface area contributed by atoms with Crippen LogP contribution in [-0.4, -0.2) is 23.6 Å². The van der Waals surface area contributed by atoms with Gasteiger partial charge in [0, 0.05) is 6.21 Å². The molecule has 1 atom stereocenters. The number of ether oxygens (including phenoxy) is 2. The number of aliphatic imine (C=N–C) groups is 1. The summed E-state index contributed by atoms with van der Waals surface area (Å²) in [5.74, 6) is 0.0733. The first-order chi connectivity index (χ1) is 7.72. The number of hydrogen-bond donors (Lipinski definition) is 0. The fourth-order valence-electron chi connectivity index (χ4n) is 0.939. The first kappa shape index (κ1) is 14.0. The third kappa shape index (κ3) is 4.04. The van der Waals surface area contributed by atoms with E-state index in [-0.39, 0.29) is 5.88 Å². The molecule has 1 rings (SSSR count). The minimum Gasteiger partial charge on any atom is -0.421 e. The van der Waals surface area contributed by atoms with Crippen molar-refractivity contribution in [3.8, 4) is 0 Å². The predicted molar refractivity (Wildman–Crippen MR) is 62.1 cm³/mol. The van der Waals surface area contributed by atoms with Crippen molar-refractivity contribution < 1.29 is 23.0 Å². The van der Waals surface area contributed by atoms with E-state index >= 15 is 0 Å². The van der Waals surface area contributed by atoms with Crippen molar-refractivity contribution in [3.63, 3.8) is 0 Å². The second-order valence-electron chi connectivity index (χ2n) is 4.02. The minimum absolute atomic E-state index is 0.0733. The Morgan fingerprint density at radius 2 is 2.12 bits per heavy atom. The van der Waals surface area contributed by atoms with Gasteiger partial charge in [0.1, 0.15) is 0 Å². The van der Waals surface area contributed by atoms with Crippen LogP contribution in [0, 0.1) is 0 Å². The Balaban J connectivity index is 2.55. The van der Waals surface area contributed by atoms with Crippen molar-refractivity contribution in [1.82, 2.24) is 0 Å². The Morgan fingerprint density at radius 3 is 2.59 bits per heavy atom. The van der Waals surface area contributed by atoms with Gasteiger partial charge in [-0.15, -0.1) is 0 Å². The molecule has 0 aliphatic carbocycles. The number of halogens is 2. The number of carbonyl (C=O) groups excluding carboxylic acids is 1. The molecular formula is C10H14F2NO3P. The molecule has 0 saturated heterocycles. The Bertz CT molecular complexity index is 361. The van der Waals surface area contributed by atoms with Crippen LogP contribution in [-0.2, 0) is 9.47 Å². The zero-order valence-electron chi connectivity index (χ0n) is 9.57. The van der Waals surface area contributed by atoms with Gasteiger partial charge in [0.05, 0.1) is 0 Å². The number of nitrogens with zero attached hydrogens (tertiary/aromatic N) is 1. The highest BCUT2D eigenvalue weighted by Gasteiger charge is 2.46. The first-order valence-corrected chi connectivity index (χ1v) is 5.60. The molecule has 0 aromatic heterocycles. The summed E-state index contributed by atoms with van der Waals surface area (Å²) in [7, 11) is 1.33. The average Bonchev–Trinajstić information content (AvgIpc) is 2.16. The fraction of sp³-hybridized carbons (Fsp3) is 0.600. The van der Waals surface area contributed by atoms with Crippen LogP contribution < -0.4 is 0 Å². The summed E-state index contributed by atoms with van der Waals surface area (Å²) >= 11 is 0. The van der Waals surface area contributed by atoms with E-state index in [0.29, 0.717) is 6.42 Å². The molecule has 0 amide bonds. The zero-order valence-corrected chi connectivity index (χ0v) is 10.7. The van der Waals surface area contributed by atoms with Gasteiger partial charge in [-0.05, 0) is 32.8 Å². The van der Waals surface area contributed by atoms with Gasteiger partial charge in [0.15, 0.2) is 5.60 Å². The van der Waals surface area contributed by atoms with Crippen molar-refractivity contribution in [2.45, 2.75) is 38.0 Å². The lowest BCUT2D eigenvalue weighted by molar-refractivity contribution is -0.116. The molecule has 0 bridgehead atoms. The van der Waals surface area contributed by atoms with Gasteiger partial charge in [-0.2, -0.15) is 8.78 Å². The van der Waals surface area contributed by atoms with Gasteiger partial charge in [0.2, 0.25) is 5.88 Å². The molecule has 0 aromatic rings. The number of allylic oxidation sites excluding steroid dienone is 1. The number of alkyl halides is 2. The van der Waals surface area contributed by atoms with E-state index < -0.39 is 17.4 Å². The van der Waals surface area contributed by atoms with Gasteiger partial charge in [-0.25, -0.2) is 9.79 Å². The SMILES string of the molecule is CC(C)(OC(=O)OC1=CCCC=N1)C(F)(F)P. The maximum atomic E-state index is 13.0. The van der Waals surface area contributed by atoms with E-state index in [1.807, 2.05) is 0 Å². The highest BCUT2D eigenvalue weighted by molar-refractivity contribution is 7.18. The minimum atomic E-state index is -3.24. The standard InChI is InChI=1S/C10H14F2NO3P/c1-9(2,10(11,12)17)16-8(14)15-7-5-3-4-6-13-7/h5-6H,3-4,17H2,1-2H3. The van der Waals surface area contributed by atoms with Gasteiger partial charge < -0.3 is 9.47 Å². The van der Waals surface area contributed by atoms with Crippen molar-refractivity contribution >= 4 is 21.6 Å². The third-order valence-corrected chi connectivity index (χ3v) is 2.86. The van der Waals surface area contributed by atoms with Gasteiger partial charge in [0.25, 0.3) is 5.66 Å². The molecule has 17 heavy (non-hydrogen) atoms. The smallest absolute Gasteiger partial charge is 0.421 e. The second-order valence-corrected chi connectivity index (χ2v) is 4.74. The Morgan fingerprint density at radius 1 is 1.47 bits per heavy atom. The Hall–Kier alpha value is -1.03. The topological polar surface area (TPSA) is 47.9 Å². The van der Waals surface area contributed by atoms with E-state index in [1.54, 1.807) is 12.3 Å². The molecule has 4 nitrogen and oxygen atoms in total. The van der Waals surface area contributed by atoms with Gasteiger partial charge in [-0.1, -0.05) is 9.24 Å². The van der Waals surface area contributed by atoms with Gasteiger partial charge >= 0.3 is 6.16 Å². The Kier molecular flexibility index (Phi) is 4.20. The van der Waals surface area contributed by atoms with Crippen LogP contribution in [0.1, 0.15) is 26.7 Å². The number of carbonyl (C=O) groups is 1. The molecule has 0 fully saturated rings. The Labute approximate surface area is 100 Å². The normalized spacial score (nSPS) is 16.4. The van der Waals surface area contributed by atoms with Crippen LogP contribution in [0.25, 0.3) is 0 Å². The molecule has 1 unspecified atom stereocenters. The number of hydrogen-bond acceptors (Lipinski definition) is 4. The van der Waals surface area contributed by atoms with Crippen molar-refractivity contribution in [2.75, 3.05) is 0 Å². The van der Waals surface area contributed by atoms with E-state index in [2.05, 4.69) is 14.5 Å². The highest BCUT2D eigenvalue weighted by Crippen LogP contribution is 2.37. The molecule has 1 heterocycles. The molecule has 0 radical (unpaired) electrons. The summed E-state index contributed by atoms with van der Waals surface area (Å²) in [6.07, 6.45) is 3.43. The van der Waals surface area contributed by atoms with Crippen molar-refractivity contribution in [2.24, 2.45) is 4.99 Å². The molecule has 0 aromatic carbocycles. The largest absolute Gasteiger partial charge is 0.515 e. The quantitative estimate of drug-likeness (QED) is 0.582. The summed E-state index contributed by atoms with van der Waals surface area (Å²) in [5.41, 5.74) is -5.20. The molecular weight excluding hydrogens is 251 g/mol. The van der Waals surface area contributed by atoms with Crippen LogP contribution in [0.2, 0.25) is 0 Å². The van der Waals surface area contributed by atoms with E-state index in [9.17, 15) is 13.6 Å². The lowest BCUT2D eigenvalue weighted by Crippen LogP contribution is -2.42. The molecule has 0 spiro atoms. The maximum Gasteiger partial charge on any atom is 0.515 e. The van der Waals surface area contributed by atoms with Crippen molar-refractivity contribution in [1.29, 1.82) is 0 Å². The maximum absolute atomic E-state index is 13.0. The lowest BCUT2D eigenvalue weighted by atomic mass is 10.1. The zero-order chi connectivity index (χ0) is 13.1. The predicted octanol–water partition coefficient (Wildman–Crippen LogP) is 3.09. The van der Waals surface area contributed by atoms with E-state index in [1.165, 1.54) is 9.24 Å². The number of rotatable bonds is 3. The molecule has 7 heteroatoms. The summed E-state index contributed by atoms with van der Waals surface area (Å²) in [4.78, 5) is 15.1. The van der Waals surface area contributed by atoms with Crippen LogP contribution in [0.3, 0.4) is 0 Å². The highest BCUT2D eigenvalue weighted by atomic mass is 31.0. The van der Waals surface area contributed by atoms with Crippen LogP contribution in [0.5, 0.6) is 0 Å². The van der Waals surface area contributed by atoms with E-state index in [4.69, 9.17) is 0 Å². The van der Waals surface area contributed by atoms with Crippen LogP contribution in [0.15, 0.2) is 17.0 Å². The van der Waals surface area contributed by atoms with Gasteiger partial charge in [-0.3, -0.25) is 0 Å². The molecule has 0 saturated carbocycles. The van der Waals surface area contributed by atoms with Crippen LogP contribution >= 0.6 is 9.24 Å². The molecule has 0 N–H and O–H groups in total. The monoisotopic (exact) mass is 265 g/mol. The summed E-state index contributed by atoms with van der Waals surface area (Å²) < 4.78 is 35.3. The lowest BCUT2D eigenvalue weighted by Gasteiger charge is -2.30. The van der Waals surface area contributed by atoms with E-state index in [0.717, 1.165) is 20.3 Å². The van der Waals surface area contributed by atoms with Crippen LogP contribution in [0.4, 0.5) is 13.6 Å². The second kappa shape index (κ2) is 5.08. The fourth-order valence-corrected chi connectivity index (χ4v) is 0.998. The summed E-state index contributed by atoms with van der Waals surface area (Å²) in [6, 6.07) is 0. The third-order valence-electron chi connectivity index (χ3n) is 2.16. The molecule has 1 aliphatic heterocycles. The summed E-state index contributed by atoms with van der Waals surface area (Å²) in [6.45, 7) is 2.19. The molecule has 96 valence electrons. The molecule has 1 aliphatic rings.